The van der Waals surface area contributed by atoms with Gasteiger partial charge < -0.3 is 14.4 Å². The van der Waals surface area contributed by atoms with Crippen molar-refractivity contribution in [2.75, 3.05) is 32.1 Å². The second-order valence-electron chi connectivity index (χ2n) is 7.70. The molecule has 0 saturated carbocycles. The van der Waals surface area contributed by atoms with Crippen molar-refractivity contribution in [3.8, 4) is 11.3 Å². The third-order valence-electron chi connectivity index (χ3n) is 5.29. The lowest BCUT2D eigenvalue weighted by Crippen LogP contribution is -2.36. The van der Waals surface area contributed by atoms with Gasteiger partial charge in [0.05, 0.1) is 12.2 Å². The summed E-state index contributed by atoms with van der Waals surface area (Å²) in [6.45, 7) is 2.69. The van der Waals surface area contributed by atoms with Crippen LogP contribution in [-0.2, 0) is 13.6 Å². The molecule has 7 nitrogen and oxygen atoms in total. The number of rotatable bonds is 5. The first-order valence-electron chi connectivity index (χ1n) is 9.79. The van der Waals surface area contributed by atoms with Crippen LogP contribution in [0.2, 0.25) is 0 Å². The summed E-state index contributed by atoms with van der Waals surface area (Å²) in [5, 5.41) is 17.8. The number of hydrogen-bond donors (Lipinski definition) is 0. The van der Waals surface area contributed by atoms with Gasteiger partial charge in [0, 0.05) is 31.6 Å². The van der Waals surface area contributed by atoms with Gasteiger partial charge in [0.1, 0.15) is 11.6 Å². The zero-order chi connectivity index (χ0) is 19.5. The molecule has 0 N–H and O–H groups in total. The average molecular weight is 377 g/mol. The summed E-state index contributed by atoms with van der Waals surface area (Å²) < 4.78 is 2.15. The minimum atomic E-state index is 0.359. The summed E-state index contributed by atoms with van der Waals surface area (Å²) in [7, 11) is 6.17. The van der Waals surface area contributed by atoms with Crippen LogP contribution < -0.4 is 4.90 Å². The zero-order valence-corrected chi connectivity index (χ0v) is 16.8. The van der Waals surface area contributed by atoms with Crippen molar-refractivity contribution in [3.63, 3.8) is 0 Å². The summed E-state index contributed by atoms with van der Waals surface area (Å²) in [4.78, 5) is 4.43. The molecule has 1 unspecified atom stereocenters. The van der Waals surface area contributed by atoms with Crippen molar-refractivity contribution >= 4 is 5.82 Å². The Morgan fingerprint density at radius 1 is 1.00 bits per heavy atom. The van der Waals surface area contributed by atoms with Gasteiger partial charge in [-0.05, 0) is 39.1 Å². The number of benzene rings is 1. The smallest absolute Gasteiger partial charge is 0.151 e. The Morgan fingerprint density at radius 3 is 2.54 bits per heavy atom. The van der Waals surface area contributed by atoms with Crippen molar-refractivity contribution in [1.29, 1.82) is 0 Å². The monoisotopic (exact) mass is 377 g/mol. The maximum atomic E-state index is 4.50. The molecular weight excluding hydrogens is 350 g/mol. The second kappa shape index (κ2) is 8.06. The predicted molar refractivity (Wildman–Crippen MR) is 110 cm³/mol. The van der Waals surface area contributed by atoms with Crippen LogP contribution in [0.1, 0.15) is 30.4 Å². The normalized spacial score (nSPS) is 17.3. The van der Waals surface area contributed by atoms with E-state index in [1.54, 1.807) is 0 Å². The zero-order valence-electron chi connectivity index (χ0n) is 16.8. The lowest BCUT2D eigenvalue weighted by molar-refractivity contribution is 0.382. The maximum Gasteiger partial charge on any atom is 0.151 e. The molecule has 3 aromatic rings. The van der Waals surface area contributed by atoms with Crippen LogP contribution >= 0.6 is 0 Å². The van der Waals surface area contributed by atoms with Crippen molar-refractivity contribution in [3.05, 3.63) is 54.1 Å². The number of anilines is 1. The van der Waals surface area contributed by atoms with E-state index in [4.69, 9.17) is 0 Å². The van der Waals surface area contributed by atoms with E-state index in [1.165, 1.54) is 0 Å². The number of aromatic nitrogens is 5. The van der Waals surface area contributed by atoms with E-state index >= 15 is 0 Å². The van der Waals surface area contributed by atoms with E-state index in [0.717, 1.165) is 61.2 Å². The van der Waals surface area contributed by atoms with E-state index in [0.29, 0.717) is 5.92 Å². The summed E-state index contributed by atoms with van der Waals surface area (Å²) in [5.41, 5.74) is 1.99. The fourth-order valence-electron chi connectivity index (χ4n) is 3.80. The van der Waals surface area contributed by atoms with Crippen molar-refractivity contribution < 1.29 is 0 Å². The Bertz CT molecular complexity index is 902. The van der Waals surface area contributed by atoms with Gasteiger partial charge in [-0.2, -0.15) is 0 Å². The van der Waals surface area contributed by atoms with Crippen LogP contribution in [0.4, 0.5) is 5.82 Å². The maximum absolute atomic E-state index is 4.50. The minimum Gasteiger partial charge on any atom is -0.354 e. The van der Waals surface area contributed by atoms with Gasteiger partial charge in [0.2, 0.25) is 0 Å². The van der Waals surface area contributed by atoms with Gasteiger partial charge in [-0.15, -0.1) is 20.4 Å². The molecule has 0 spiro atoms. The molecule has 4 rings (SSSR count). The molecule has 3 heterocycles. The van der Waals surface area contributed by atoms with Gasteiger partial charge in [-0.3, -0.25) is 0 Å². The molecule has 1 aromatic carbocycles. The first-order chi connectivity index (χ1) is 13.6. The Hall–Kier alpha value is -2.80. The minimum absolute atomic E-state index is 0.359. The molecule has 1 saturated heterocycles. The van der Waals surface area contributed by atoms with Crippen molar-refractivity contribution in [1.82, 2.24) is 29.9 Å². The molecule has 146 valence electrons. The van der Waals surface area contributed by atoms with Crippen LogP contribution in [-0.4, -0.2) is 57.0 Å². The average Bonchev–Trinajstić information content (AvgIpc) is 3.08. The van der Waals surface area contributed by atoms with E-state index in [1.807, 2.05) is 18.2 Å². The van der Waals surface area contributed by atoms with Crippen LogP contribution in [0, 0.1) is 0 Å². The van der Waals surface area contributed by atoms with Gasteiger partial charge in [-0.25, -0.2) is 0 Å². The molecule has 2 aromatic heterocycles. The molecule has 1 aliphatic rings. The third-order valence-corrected chi connectivity index (χ3v) is 5.29. The first-order valence-corrected chi connectivity index (χ1v) is 9.79. The molecule has 0 amide bonds. The number of nitrogens with zero attached hydrogens (tertiary/aromatic N) is 7. The van der Waals surface area contributed by atoms with E-state index in [9.17, 15) is 0 Å². The lowest BCUT2D eigenvalue weighted by atomic mass is 9.97. The highest BCUT2D eigenvalue weighted by Crippen LogP contribution is 2.28. The third kappa shape index (κ3) is 3.89. The lowest BCUT2D eigenvalue weighted by Gasteiger charge is -2.32. The van der Waals surface area contributed by atoms with Crippen LogP contribution in [0.3, 0.4) is 0 Å². The standard InChI is InChI=1S/C21H27N7/c1-26(2)15-20-24-25-21(27(20)3)17-10-7-13-28(14-17)19-12-11-18(22-23-19)16-8-5-4-6-9-16/h4-6,8-9,11-12,17H,7,10,13-15H2,1-3H3. The summed E-state index contributed by atoms with van der Waals surface area (Å²) in [5.74, 6) is 3.36. The van der Waals surface area contributed by atoms with Gasteiger partial charge in [-0.1, -0.05) is 30.3 Å². The highest BCUT2D eigenvalue weighted by atomic mass is 15.3. The van der Waals surface area contributed by atoms with E-state index in [2.05, 4.69) is 80.2 Å². The summed E-state index contributed by atoms with van der Waals surface area (Å²) in [6.07, 6.45) is 2.24. The van der Waals surface area contributed by atoms with Gasteiger partial charge >= 0.3 is 0 Å². The van der Waals surface area contributed by atoms with Crippen LogP contribution in [0.5, 0.6) is 0 Å². The van der Waals surface area contributed by atoms with Crippen LogP contribution in [0.25, 0.3) is 11.3 Å². The van der Waals surface area contributed by atoms with Gasteiger partial charge in [0.15, 0.2) is 5.82 Å². The Balaban J connectivity index is 1.49. The van der Waals surface area contributed by atoms with E-state index < -0.39 is 0 Å². The Labute approximate surface area is 166 Å². The first kappa shape index (κ1) is 18.6. The molecule has 7 heteroatoms. The molecule has 1 atom stereocenters. The number of hydrogen-bond acceptors (Lipinski definition) is 6. The fourth-order valence-corrected chi connectivity index (χ4v) is 3.80. The van der Waals surface area contributed by atoms with E-state index in [-0.39, 0.29) is 0 Å². The second-order valence-corrected chi connectivity index (χ2v) is 7.70. The number of piperidine rings is 1. The summed E-state index contributed by atoms with van der Waals surface area (Å²) >= 11 is 0. The van der Waals surface area contributed by atoms with Crippen molar-refractivity contribution in [2.24, 2.45) is 7.05 Å². The Morgan fingerprint density at radius 2 is 1.82 bits per heavy atom. The molecule has 1 fully saturated rings. The highest BCUT2D eigenvalue weighted by Gasteiger charge is 2.27. The topological polar surface area (TPSA) is 63.0 Å². The highest BCUT2D eigenvalue weighted by molar-refractivity contribution is 5.59. The Kier molecular flexibility index (Phi) is 5.34. The largest absolute Gasteiger partial charge is 0.354 e. The molecule has 28 heavy (non-hydrogen) atoms. The fraction of sp³-hybridized carbons (Fsp3) is 0.429. The SMILES string of the molecule is CN(C)Cc1nnc(C2CCCN(c3ccc(-c4ccccc4)nn3)C2)n1C. The molecule has 0 aliphatic carbocycles. The summed E-state index contributed by atoms with van der Waals surface area (Å²) in [6, 6.07) is 14.3. The molecule has 1 aliphatic heterocycles. The van der Waals surface area contributed by atoms with Crippen LogP contribution in [0.15, 0.2) is 42.5 Å². The molecule has 0 bridgehead atoms. The predicted octanol–water partition coefficient (Wildman–Crippen LogP) is 2.72. The quantitative estimate of drug-likeness (QED) is 0.681. The molecular formula is C21H27N7. The van der Waals surface area contributed by atoms with Crippen molar-refractivity contribution in [2.45, 2.75) is 25.3 Å². The molecule has 0 radical (unpaired) electrons. The van der Waals surface area contributed by atoms with Gasteiger partial charge in [0.25, 0.3) is 0 Å².